The number of carbonyl (C=O) groups is 1. The molecule has 0 unspecified atom stereocenters. The lowest BCUT2D eigenvalue weighted by Gasteiger charge is -2.18. The monoisotopic (exact) mass is 214 g/mol. The van der Waals surface area contributed by atoms with E-state index in [0.29, 0.717) is 5.75 Å². The number of alkyl halides is 1. The molecule has 0 spiro atoms. The molecule has 1 aromatic carbocycles. The molecular formula is C10H11ClO3. The normalized spacial score (nSPS) is 11.1. The van der Waals surface area contributed by atoms with Gasteiger partial charge in [0, 0.05) is 0 Å². The summed E-state index contributed by atoms with van der Waals surface area (Å²) in [4.78, 5) is 10.5. The third-order valence-electron chi connectivity index (χ3n) is 1.46. The van der Waals surface area contributed by atoms with Gasteiger partial charge in [0.25, 0.3) is 0 Å². The van der Waals surface area contributed by atoms with E-state index in [2.05, 4.69) is 0 Å². The van der Waals surface area contributed by atoms with Gasteiger partial charge in [-0.15, -0.1) is 0 Å². The first-order valence-corrected chi connectivity index (χ1v) is 4.47. The summed E-state index contributed by atoms with van der Waals surface area (Å²) in [5.74, 6) is -0.406. The molecule has 76 valence electrons. The average Bonchev–Trinajstić information content (AvgIpc) is 2.02. The molecule has 0 aliphatic rings. The molecule has 3 nitrogen and oxygen atoms in total. The van der Waals surface area contributed by atoms with Crippen LogP contribution in [0.1, 0.15) is 24.2 Å². The number of carboxylic acids is 1. The van der Waals surface area contributed by atoms with E-state index in [9.17, 15) is 4.79 Å². The summed E-state index contributed by atoms with van der Waals surface area (Å²) in [7, 11) is 0. The van der Waals surface area contributed by atoms with Crippen molar-refractivity contribution in [3.8, 4) is 5.75 Å². The van der Waals surface area contributed by atoms with Crippen molar-refractivity contribution in [3.05, 3.63) is 29.8 Å². The van der Waals surface area contributed by atoms with Gasteiger partial charge in [-0.25, -0.2) is 4.79 Å². The summed E-state index contributed by atoms with van der Waals surface area (Å²) in [6.07, 6.45) is 0. The lowest BCUT2D eigenvalue weighted by atomic mass is 10.2. The number of rotatable bonds is 3. The van der Waals surface area contributed by atoms with Gasteiger partial charge in [0.2, 0.25) is 0 Å². The van der Waals surface area contributed by atoms with Crippen LogP contribution in [0.15, 0.2) is 24.3 Å². The standard InChI is InChI=1S/C10H11ClO3/c1-10(2,11)14-8-5-3-7(4-6-8)9(12)13/h3-6H,1-2H3,(H,12,13). The van der Waals surface area contributed by atoms with Crippen molar-refractivity contribution in [1.82, 2.24) is 0 Å². The minimum Gasteiger partial charge on any atom is -0.478 e. The molecule has 0 radical (unpaired) electrons. The summed E-state index contributed by atoms with van der Waals surface area (Å²) in [5.41, 5.74) is 0.227. The Bertz CT molecular complexity index is 324. The quantitative estimate of drug-likeness (QED) is 0.787. The van der Waals surface area contributed by atoms with Crippen LogP contribution in [0.25, 0.3) is 0 Å². The van der Waals surface area contributed by atoms with Gasteiger partial charge in [-0.2, -0.15) is 0 Å². The maximum Gasteiger partial charge on any atom is 0.335 e. The van der Waals surface area contributed by atoms with Crippen LogP contribution in [0, 0.1) is 0 Å². The first-order valence-electron chi connectivity index (χ1n) is 4.10. The van der Waals surface area contributed by atoms with Crippen LogP contribution < -0.4 is 4.74 Å². The SMILES string of the molecule is CC(C)(Cl)Oc1ccc(C(=O)O)cc1. The molecule has 14 heavy (non-hydrogen) atoms. The van der Waals surface area contributed by atoms with Crippen LogP contribution in [0.5, 0.6) is 5.75 Å². The maximum atomic E-state index is 10.5. The summed E-state index contributed by atoms with van der Waals surface area (Å²) in [6.45, 7) is 3.42. The zero-order chi connectivity index (χ0) is 10.8. The van der Waals surface area contributed by atoms with Crippen molar-refractivity contribution >= 4 is 17.6 Å². The van der Waals surface area contributed by atoms with E-state index in [1.807, 2.05) is 0 Å². The maximum absolute atomic E-state index is 10.5. The highest BCUT2D eigenvalue weighted by atomic mass is 35.5. The van der Waals surface area contributed by atoms with Crippen molar-refractivity contribution in [2.75, 3.05) is 0 Å². The minimum absolute atomic E-state index is 0.227. The molecule has 0 bridgehead atoms. The minimum atomic E-state index is -0.957. The second kappa shape index (κ2) is 3.88. The zero-order valence-corrected chi connectivity index (χ0v) is 8.71. The molecule has 1 N–H and O–H groups in total. The van der Waals surface area contributed by atoms with Crippen LogP contribution >= 0.6 is 11.6 Å². The molecule has 0 amide bonds. The average molecular weight is 215 g/mol. The van der Waals surface area contributed by atoms with Gasteiger partial charge in [-0.1, -0.05) is 11.6 Å². The highest BCUT2D eigenvalue weighted by Crippen LogP contribution is 2.21. The smallest absolute Gasteiger partial charge is 0.335 e. The molecule has 0 aromatic heterocycles. The molecule has 1 rings (SSSR count). The van der Waals surface area contributed by atoms with Gasteiger partial charge < -0.3 is 9.84 Å². The van der Waals surface area contributed by atoms with Gasteiger partial charge in [-0.05, 0) is 38.1 Å². The number of benzene rings is 1. The van der Waals surface area contributed by atoms with E-state index in [4.69, 9.17) is 21.4 Å². The first kappa shape index (κ1) is 10.9. The van der Waals surface area contributed by atoms with Crippen LogP contribution in [-0.2, 0) is 0 Å². The second-order valence-corrected chi connectivity index (χ2v) is 4.21. The van der Waals surface area contributed by atoms with Crippen LogP contribution in [0.4, 0.5) is 0 Å². The van der Waals surface area contributed by atoms with E-state index in [0.717, 1.165) is 0 Å². The predicted molar refractivity (Wildman–Crippen MR) is 54.0 cm³/mol. The molecule has 0 saturated heterocycles. The summed E-state index contributed by atoms with van der Waals surface area (Å²) < 4.78 is 5.31. The Labute approximate surface area is 87.3 Å². The van der Waals surface area contributed by atoms with Gasteiger partial charge in [-0.3, -0.25) is 0 Å². The fourth-order valence-corrected chi connectivity index (χ4v) is 1.03. The Kier molecular flexibility index (Phi) is 3.01. The lowest BCUT2D eigenvalue weighted by molar-refractivity contribution is 0.0697. The Morgan fingerprint density at radius 2 is 1.86 bits per heavy atom. The number of ether oxygens (including phenoxy) is 1. The number of halogens is 1. The molecule has 0 atom stereocenters. The summed E-state index contributed by atoms with van der Waals surface area (Å²) >= 11 is 5.83. The Morgan fingerprint density at radius 1 is 1.36 bits per heavy atom. The van der Waals surface area contributed by atoms with Crippen LogP contribution in [-0.4, -0.2) is 16.1 Å². The van der Waals surface area contributed by atoms with Crippen molar-refractivity contribution in [3.63, 3.8) is 0 Å². The van der Waals surface area contributed by atoms with Crippen molar-refractivity contribution in [2.24, 2.45) is 0 Å². The van der Waals surface area contributed by atoms with Gasteiger partial charge in [0.15, 0.2) is 5.06 Å². The fourth-order valence-electron chi connectivity index (χ4n) is 0.946. The number of hydrogen-bond acceptors (Lipinski definition) is 2. The Hall–Kier alpha value is -1.22. The summed E-state index contributed by atoms with van der Waals surface area (Å²) in [5, 5.41) is 7.85. The predicted octanol–water partition coefficient (Wildman–Crippen LogP) is 2.74. The number of carboxylic acid groups (broad SMARTS) is 1. The van der Waals surface area contributed by atoms with Crippen molar-refractivity contribution in [1.29, 1.82) is 0 Å². The van der Waals surface area contributed by atoms with E-state index < -0.39 is 11.0 Å². The molecule has 0 aliphatic heterocycles. The molecule has 0 saturated carbocycles. The Balaban J connectivity index is 2.79. The van der Waals surface area contributed by atoms with Crippen LogP contribution in [0.3, 0.4) is 0 Å². The largest absolute Gasteiger partial charge is 0.478 e. The lowest BCUT2D eigenvalue weighted by Crippen LogP contribution is -2.19. The third kappa shape index (κ3) is 3.26. The summed E-state index contributed by atoms with van der Waals surface area (Å²) in [6, 6.07) is 6.10. The number of aromatic carboxylic acids is 1. The van der Waals surface area contributed by atoms with Crippen molar-refractivity contribution < 1.29 is 14.6 Å². The molecule has 0 heterocycles. The van der Waals surface area contributed by atoms with Gasteiger partial charge in [0.05, 0.1) is 5.56 Å². The fraction of sp³-hybridized carbons (Fsp3) is 0.300. The molecular weight excluding hydrogens is 204 g/mol. The van der Waals surface area contributed by atoms with Crippen LogP contribution in [0.2, 0.25) is 0 Å². The van der Waals surface area contributed by atoms with E-state index in [1.165, 1.54) is 12.1 Å². The first-order chi connectivity index (χ1) is 6.38. The van der Waals surface area contributed by atoms with E-state index in [1.54, 1.807) is 26.0 Å². The van der Waals surface area contributed by atoms with Crippen molar-refractivity contribution in [2.45, 2.75) is 18.9 Å². The highest BCUT2D eigenvalue weighted by Gasteiger charge is 2.14. The van der Waals surface area contributed by atoms with E-state index >= 15 is 0 Å². The second-order valence-electron chi connectivity index (χ2n) is 3.29. The molecule has 4 heteroatoms. The zero-order valence-electron chi connectivity index (χ0n) is 7.95. The third-order valence-corrected chi connectivity index (χ3v) is 1.54. The van der Waals surface area contributed by atoms with E-state index in [-0.39, 0.29) is 5.56 Å². The highest BCUT2D eigenvalue weighted by molar-refractivity contribution is 6.22. The topological polar surface area (TPSA) is 46.5 Å². The molecule has 0 fully saturated rings. The Morgan fingerprint density at radius 3 is 2.21 bits per heavy atom. The van der Waals surface area contributed by atoms with Gasteiger partial charge >= 0.3 is 5.97 Å². The number of hydrogen-bond donors (Lipinski definition) is 1. The molecule has 1 aromatic rings. The molecule has 0 aliphatic carbocycles. The van der Waals surface area contributed by atoms with Gasteiger partial charge in [0.1, 0.15) is 5.75 Å².